The van der Waals surface area contributed by atoms with Crippen molar-refractivity contribution in [2.24, 2.45) is 0 Å². The number of amides is 4. The largest absolute Gasteiger partial charge is 0.454 e. The van der Waals surface area contributed by atoms with Crippen molar-refractivity contribution >= 4 is 23.8 Å². The predicted octanol–water partition coefficient (Wildman–Crippen LogP) is 0.737. The first-order valence-electron chi connectivity index (χ1n) is 7.85. The minimum atomic E-state index is -1.14. The number of nitrogens with zero attached hydrogens (tertiary/aromatic N) is 1. The molecule has 2 N–H and O–H groups in total. The molecule has 0 unspecified atom stereocenters. The fraction of sp³-hybridized carbons (Fsp3) is 0.412. The Bertz CT molecular complexity index is 687. The fourth-order valence-corrected chi connectivity index (χ4v) is 2.39. The molecule has 1 aliphatic heterocycles. The summed E-state index contributed by atoms with van der Waals surface area (Å²) >= 11 is 0. The molecule has 25 heavy (non-hydrogen) atoms. The maximum atomic E-state index is 11.9. The summed E-state index contributed by atoms with van der Waals surface area (Å²) < 4.78 is 4.90. The highest BCUT2D eigenvalue weighted by molar-refractivity contribution is 6.07. The second-order valence-electron chi connectivity index (χ2n) is 6.27. The van der Waals surface area contributed by atoms with E-state index >= 15 is 0 Å². The highest BCUT2D eigenvalue weighted by Gasteiger charge is 2.46. The first-order chi connectivity index (χ1) is 11.7. The summed E-state index contributed by atoms with van der Waals surface area (Å²) in [7, 11) is 0. The highest BCUT2D eigenvalue weighted by atomic mass is 16.5. The van der Waals surface area contributed by atoms with Gasteiger partial charge in [0.2, 0.25) is 0 Å². The summed E-state index contributed by atoms with van der Waals surface area (Å²) in [5.74, 6) is -1.70. The minimum absolute atomic E-state index is 0.228. The molecule has 1 heterocycles. The van der Waals surface area contributed by atoms with Crippen LogP contribution in [0, 0.1) is 0 Å². The van der Waals surface area contributed by atoms with Crippen LogP contribution in [0.1, 0.15) is 32.4 Å². The molecule has 0 bridgehead atoms. The molecular weight excluding hydrogens is 326 g/mol. The lowest BCUT2D eigenvalue weighted by Crippen LogP contribution is -2.47. The summed E-state index contributed by atoms with van der Waals surface area (Å²) in [6.45, 7) is 3.99. The lowest BCUT2D eigenvalue weighted by molar-refractivity contribution is -0.150. The molecule has 0 saturated carbocycles. The van der Waals surface area contributed by atoms with E-state index in [0.717, 1.165) is 10.5 Å². The Kier molecular flexibility index (Phi) is 5.41. The van der Waals surface area contributed by atoms with Crippen LogP contribution in [0.2, 0.25) is 0 Å². The van der Waals surface area contributed by atoms with Gasteiger partial charge in [-0.2, -0.15) is 0 Å². The quantitative estimate of drug-likeness (QED) is 0.583. The Morgan fingerprint density at radius 3 is 2.44 bits per heavy atom. The Morgan fingerprint density at radius 1 is 1.24 bits per heavy atom. The highest BCUT2D eigenvalue weighted by Crippen LogP contribution is 2.20. The maximum Gasteiger partial charge on any atom is 0.326 e. The van der Waals surface area contributed by atoms with Crippen LogP contribution in [0.3, 0.4) is 0 Å². The van der Waals surface area contributed by atoms with Gasteiger partial charge in [0.15, 0.2) is 6.61 Å². The molecule has 1 saturated heterocycles. The zero-order valence-electron chi connectivity index (χ0n) is 14.4. The number of rotatable bonds is 6. The number of urea groups is 1. The predicted molar refractivity (Wildman–Crippen MR) is 88.3 cm³/mol. The molecule has 0 spiro atoms. The molecule has 0 aliphatic carbocycles. The second-order valence-corrected chi connectivity index (χ2v) is 6.27. The van der Waals surface area contributed by atoms with Crippen LogP contribution in [-0.2, 0) is 19.1 Å². The number of carbonyl (C=O) groups is 4. The van der Waals surface area contributed by atoms with Gasteiger partial charge >= 0.3 is 12.0 Å². The van der Waals surface area contributed by atoms with Gasteiger partial charge in [-0.25, -0.2) is 4.79 Å². The Hall–Kier alpha value is -2.90. The van der Waals surface area contributed by atoms with Crippen molar-refractivity contribution in [2.75, 3.05) is 13.2 Å². The lowest BCUT2D eigenvalue weighted by Gasteiger charge is -2.26. The van der Waals surface area contributed by atoms with Gasteiger partial charge in [0, 0.05) is 0 Å². The summed E-state index contributed by atoms with van der Waals surface area (Å²) in [6.07, 6.45) is 0. The van der Waals surface area contributed by atoms with E-state index in [-0.39, 0.29) is 6.04 Å². The fourth-order valence-electron chi connectivity index (χ4n) is 2.39. The number of imide groups is 1. The van der Waals surface area contributed by atoms with Crippen LogP contribution in [0.15, 0.2) is 30.3 Å². The summed E-state index contributed by atoms with van der Waals surface area (Å²) in [6, 6.07) is 8.47. The van der Waals surface area contributed by atoms with Crippen molar-refractivity contribution in [1.29, 1.82) is 0 Å². The van der Waals surface area contributed by atoms with Gasteiger partial charge in [-0.15, -0.1) is 0 Å². The molecular formula is C17H21N3O5. The minimum Gasteiger partial charge on any atom is -0.454 e. The number of nitrogens with one attached hydrogen (secondary N) is 2. The van der Waals surface area contributed by atoms with Gasteiger partial charge in [0.1, 0.15) is 12.1 Å². The number of carbonyl (C=O) groups excluding carboxylic acids is 4. The molecule has 1 atom stereocenters. The SMILES string of the molecule is C[C@H](NC(=O)COC(=O)CN1C(=O)NC(=O)C1(C)C)c1ccccc1. The molecule has 8 heteroatoms. The van der Waals surface area contributed by atoms with Gasteiger partial charge in [-0.05, 0) is 26.3 Å². The average molecular weight is 347 g/mol. The zero-order chi connectivity index (χ0) is 18.6. The van der Waals surface area contributed by atoms with E-state index in [1.165, 1.54) is 13.8 Å². The third kappa shape index (κ3) is 4.34. The molecule has 8 nitrogen and oxygen atoms in total. The number of benzene rings is 1. The molecule has 134 valence electrons. The van der Waals surface area contributed by atoms with Crippen LogP contribution in [0.25, 0.3) is 0 Å². The van der Waals surface area contributed by atoms with Crippen molar-refractivity contribution in [3.63, 3.8) is 0 Å². The van der Waals surface area contributed by atoms with Crippen molar-refractivity contribution < 1.29 is 23.9 Å². The van der Waals surface area contributed by atoms with Crippen LogP contribution in [0.4, 0.5) is 4.79 Å². The maximum absolute atomic E-state index is 11.9. The van der Waals surface area contributed by atoms with Gasteiger partial charge in [-0.3, -0.25) is 24.6 Å². The van der Waals surface area contributed by atoms with E-state index in [4.69, 9.17) is 4.74 Å². The van der Waals surface area contributed by atoms with Crippen LogP contribution < -0.4 is 10.6 Å². The van der Waals surface area contributed by atoms with Crippen LogP contribution in [0.5, 0.6) is 0 Å². The van der Waals surface area contributed by atoms with E-state index in [1.54, 1.807) is 0 Å². The van der Waals surface area contributed by atoms with Gasteiger partial charge < -0.3 is 10.1 Å². The molecule has 1 fully saturated rings. The smallest absolute Gasteiger partial charge is 0.326 e. The van der Waals surface area contributed by atoms with Gasteiger partial charge in [0.05, 0.1) is 6.04 Å². The normalized spacial score (nSPS) is 17.0. The lowest BCUT2D eigenvalue weighted by atomic mass is 10.0. The van der Waals surface area contributed by atoms with Crippen LogP contribution in [-0.4, -0.2) is 47.4 Å². The number of ether oxygens (including phenoxy) is 1. The third-order valence-corrected chi connectivity index (χ3v) is 4.02. The van der Waals surface area contributed by atoms with E-state index in [0.29, 0.717) is 0 Å². The topological polar surface area (TPSA) is 105 Å². The van der Waals surface area contributed by atoms with Crippen molar-refractivity contribution in [3.05, 3.63) is 35.9 Å². The van der Waals surface area contributed by atoms with E-state index < -0.39 is 42.5 Å². The Morgan fingerprint density at radius 2 is 1.88 bits per heavy atom. The molecule has 0 aromatic heterocycles. The molecule has 1 aromatic rings. The second kappa shape index (κ2) is 7.33. The van der Waals surface area contributed by atoms with Gasteiger partial charge in [0.25, 0.3) is 11.8 Å². The summed E-state index contributed by atoms with van der Waals surface area (Å²) in [4.78, 5) is 48.1. The average Bonchev–Trinajstić information content (AvgIpc) is 2.76. The molecule has 4 amide bonds. The monoisotopic (exact) mass is 347 g/mol. The van der Waals surface area contributed by atoms with Crippen molar-refractivity contribution in [3.8, 4) is 0 Å². The molecule has 0 radical (unpaired) electrons. The Balaban J connectivity index is 1.81. The van der Waals surface area contributed by atoms with Crippen molar-refractivity contribution in [2.45, 2.75) is 32.4 Å². The molecule has 2 rings (SSSR count). The standard InChI is InChI=1S/C17H21N3O5/c1-11(12-7-5-4-6-8-12)18-13(21)10-25-14(22)9-20-16(24)19-15(23)17(20,2)3/h4-8,11H,9-10H2,1-3H3,(H,18,21)(H,19,23,24)/t11-/m0/s1. The number of hydrogen-bond donors (Lipinski definition) is 2. The third-order valence-electron chi connectivity index (χ3n) is 4.02. The number of esters is 1. The van der Waals surface area contributed by atoms with Crippen molar-refractivity contribution in [1.82, 2.24) is 15.5 Å². The van der Waals surface area contributed by atoms with E-state index in [2.05, 4.69) is 10.6 Å². The molecule has 1 aliphatic rings. The Labute approximate surface area is 145 Å². The van der Waals surface area contributed by atoms with E-state index in [9.17, 15) is 19.2 Å². The number of hydrogen-bond acceptors (Lipinski definition) is 5. The zero-order valence-corrected chi connectivity index (χ0v) is 14.4. The first-order valence-corrected chi connectivity index (χ1v) is 7.85. The van der Waals surface area contributed by atoms with Crippen LogP contribution >= 0.6 is 0 Å². The van der Waals surface area contributed by atoms with E-state index in [1.807, 2.05) is 37.3 Å². The summed E-state index contributed by atoms with van der Waals surface area (Å²) in [5.41, 5.74) is -0.212. The first kappa shape index (κ1) is 18.4. The van der Waals surface area contributed by atoms with Gasteiger partial charge in [-0.1, -0.05) is 30.3 Å². The molecule has 1 aromatic carbocycles. The summed E-state index contributed by atoms with van der Waals surface area (Å²) in [5, 5.41) is 4.85.